The minimum Gasteiger partial charge on any atom is -0.321 e. The van der Waals surface area contributed by atoms with Crippen LogP contribution in [0, 0.1) is 6.92 Å². The number of anilines is 2. The zero-order valence-corrected chi connectivity index (χ0v) is 14.5. The smallest absolute Gasteiger partial charge is 0.267 e. The van der Waals surface area contributed by atoms with Crippen molar-refractivity contribution in [2.45, 2.75) is 6.92 Å². The highest BCUT2D eigenvalue weighted by molar-refractivity contribution is 7.92. The lowest BCUT2D eigenvalue weighted by molar-refractivity contribution is 0.103. The molecular weight excluding hydrogens is 346 g/mol. The van der Waals surface area contributed by atoms with Gasteiger partial charge in [-0.15, -0.1) is 0 Å². The van der Waals surface area contributed by atoms with E-state index in [1.165, 1.54) is 7.05 Å². The van der Waals surface area contributed by atoms with Gasteiger partial charge in [0.15, 0.2) is 5.13 Å². The van der Waals surface area contributed by atoms with Crippen molar-refractivity contribution in [3.05, 3.63) is 39.9 Å². The van der Waals surface area contributed by atoms with E-state index in [9.17, 15) is 13.2 Å². The van der Waals surface area contributed by atoms with Crippen LogP contribution < -0.4 is 9.62 Å². The number of rotatable bonds is 4. The summed E-state index contributed by atoms with van der Waals surface area (Å²) in [4.78, 5) is 16.8. The maximum Gasteiger partial charge on any atom is 0.267 e. The van der Waals surface area contributed by atoms with E-state index < -0.39 is 10.0 Å². The fourth-order valence-electron chi connectivity index (χ4n) is 1.62. The number of thiazole rings is 1. The van der Waals surface area contributed by atoms with Gasteiger partial charge in [0.2, 0.25) is 10.0 Å². The van der Waals surface area contributed by atoms with E-state index >= 15 is 0 Å². The maximum atomic E-state index is 12.3. The van der Waals surface area contributed by atoms with Gasteiger partial charge in [-0.05, 0) is 25.1 Å². The van der Waals surface area contributed by atoms with Crippen LogP contribution in [-0.2, 0) is 10.0 Å². The van der Waals surface area contributed by atoms with E-state index in [4.69, 9.17) is 11.6 Å². The lowest BCUT2D eigenvalue weighted by Gasteiger charge is -2.11. The summed E-state index contributed by atoms with van der Waals surface area (Å²) in [6, 6.07) is 6.76. The molecule has 1 amide bonds. The molecule has 0 aliphatic carbocycles. The zero-order chi connectivity index (χ0) is 16.5. The number of amides is 1. The molecule has 6 nitrogen and oxygen atoms in total. The summed E-state index contributed by atoms with van der Waals surface area (Å²) in [6.45, 7) is 1.66. The molecule has 0 saturated carbocycles. The van der Waals surface area contributed by atoms with Crippen LogP contribution in [0.25, 0.3) is 0 Å². The first-order chi connectivity index (χ1) is 10.2. The van der Waals surface area contributed by atoms with Crippen molar-refractivity contribution >= 4 is 49.7 Å². The standard InChI is InChI=1S/C13H14ClN3O3S2/c1-8-11(21-13(15-8)17(2)22(3,19)20)12(18)16-10-6-4-5-9(14)7-10/h4-7H,1-3H3,(H,16,18). The molecule has 0 aliphatic rings. The van der Waals surface area contributed by atoms with E-state index in [0.29, 0.717) is 21.3 Å². The molecule has 2 aromatic rings. The minimum absolute atomic E-state index is 0.247. The second-order valence-corrected chi connectivity index (χ2v) is 8.03. The van der Waals surface area contributed by atoms with Crippen molar-refractivity contribution in [1.82, 2.24) is 4.98 Å². The van der Waals surface area contributed by atoms with Gasteiger partial charge in [0, 0.05) is 17.8 Å². The van der Waals surface area contributed by atoms with Crippen LogP contribution >= 0.6 is 22.9 Å². The van der Waals surface area contributed by atoms with E-state index in [-0.39, 0.29) is 11.0 Å². The number of nitrogens with one attached hydrogen (secondary N) is 1. The fraction of sp³-hybridized carbons (Fsp3) is 0.231. The third-order valence-electron chi connectivity index (χ3n) is 2.84. The lowest BCUT2D eigenvalue weighted by atomic mass is 10.3. The molecule has 0 atom stereocenters. The number of aromatic nitrogens is 1. The van der Waals surface area contributed by atoms with Crippen LogP contribution in [-0.4, -0.2) is 32.6 Å². The van der Waals surface area contributed by atoms with Gasteiger partial charge in [-0.1, -0.05) is 29.0 Å². The molecule has 2 rings (SSSR count). The summed E-state index contributed by atoms with van der Waals surface area (Å²) in [5.41, 5.74) is 1.03. The largest absolute Gasteiger partial charge is 0.321 e. The highest BCUT2D eigenvalue weighted by Gasteiger charge is 2.21. The molecule has 9 heteroatoms. The highest BCUT2D eigenvalue weighted by Crippen LogP contribution is 2.27. The first-order valence-electron chi connectivity index (χ1n) is 6.16. The molecule has 0 unspecified atom stereocenters. The Hall–Kier alpha value is -1.64. The second kappa shape index (κ2) is 6.23. The Bertz CT molecular complexity index is 818. The van der Waals surface area contributed by atoms with Gasteiger partial charge in [0.05, 0.1) is 11.9 Å². The van der Waals surface area contributed by atoms with Crippen LogP contribution in [0.15, 0.2) is 24.3 Å². The molecule has 22 heavy (non-hydrogen) atoms. The molecule has 118 valence electrons. The van der Waals surface area contributed by atoms with Gasteiger partial charge in [-0.25, -0.2) is 17.7 Å². The first kappa shape index (κ1) is 16.7. The highest BCUT2D eigenvalue weighted by atomic mass is 35.5. The van der Waals surface area contributed by atoms with E-state index in [1.807, 2.05) is 0 Å². The quantitative estimate of drug-likeness (QED) is 0.910. The van der Waals surface area contributed by atoms with Crippen molar-refractivity contribution in [3.8, 4) is 0 Å². The van der Waals surface area contributed by atoms with Gasteiger partial charge in [0.1, 0.15) is 4.88 Å². The molecule has 1 N–H and O–H groups in total. The van der Waals surface area contributed by atoms with Gasteiger partial charge in [-0.2, -0.15) is 0 Å². The van der Waals surface area contributed by atoms with Crippen molar-refractivity contribution in [3.63, 3.8) is 0 Å². The average Bonchev–Trinajstić information content (AvgIpc) is 2.78. The van der Waals surface area contributed by atoms with Gasteiger partial charge in [0.25, 0.3) is 5.91 Å². The number of hydrogen-bond acceptors (Lipinski definition) is 5. The Balaban J connectivity index is 2.26. The molecule has 1 heterocycles. The molecule has 0 radical (unpaired) electrons. The van der Waals surface area contributed by atoms with Crippen molar-refractivity contribution in [2.24, 2.45) is 0 Å². The van der Waals surface area contributed by atoms with E-state index in [1.54, 1.807) is 31.2 Å². The van der Waals surface area contributed by atoms with Crippen LogP contribution in [0.4, 0.5) is 10.8 Å². The Morgan fingerprint density at radius 2 is 2.09 bits per heavy atom. The number of aryl methyl sites for hydroxylation is 1. The first-order valence-corrected chi connectivity index (χ1v) is 9.21. The predicted octanol–water partition coefficient (Wildman–Crippen LogP) is 2.75. The summed E-state index contributed by atoms with van der Waals surface area (Å²) in [5, 5.41) is 3.47. The number of carbonyl (C=O) groups is 1. The molecule has 1 aromatic heterocycles. The Kier molecular flexibility index (Phi) is 4.74. The Morgan fingerprint density at radius 1 is 1.41 bits per heavy atom. The van der Waals surface area contributed by atoms with Gasteiger partial charge in [-0.3, -0.25) is 4.79 Å². The summed E-state index contributed by atoms with van der Waals surface area (Å²) in [5.74, 6) is -0.356. The summed E-state index contributed by atoms with van der Waals surface area (Å²) in [6.07, 6.45) is 1.08. The van der Waals surface area contributed by atoms with Crippen LogP contribution in [0.3, 0.4) is 0 Å². The van der Waals surface area contributed by atoms with Gasteiger partial charge < -0.3 is 5.32 Å². The number of benzene rings is 1. The lowest BCUT2D eigenvalue weighted by Crippen LogP contribution is -2.24. The third-order valence-corrected chi connectivity index (χ3v) is 5.59. The molecule has 0 bridgehead atoms. The van der Waals surface area contributed by atoms with Crippen molar-refractivity contribution < 1.29 is 13.2 Å². The van der Waals surface area contributed by atoms with Crippen molar-refractivity contribution in [1.29, 1.82) is 0 Å². The van der Waals surface area contributed by atoms with Gasteiger partial charge >= 0.3 is 0 Å². The van der Waals surface area contributed by atoms with Crippen LogP contribution in [0.2, 0.25) is 5.02 Å². The summed E-state index contributed by atoms with van der Waals surface area (Å²) < 4.78 is 24.1. The molecule has 1 aromatic carbocycles. The fourth-order valence-corrected chi connectivity index (χ4v) is 3.49. The normalized spacial score (nSPS) is 11.3. The second-order valence-electron chi connectivity index (χ2n) is 4.61. The topological polar surface area (TPSA) is 79.4 Å². The van der Waals surface area contributed by atoms with Crippen LogP contribution in [0.5, 0.6) is 0 Å². The third kappa shape index (κ3) is 3.76. The molecule has 0 spiro atoms. The number of nitrogens with zero attached hydrogens (tertiary/aromatic N) is 2. The maximum absolute atomic E-state index is 12.3. The van der Waals surface area contributed by atoms with Crippen molar-refractivity contribution in [2.75, 3.05) is 22.9 Å². The molecule has 0 aliphatic heterocycles. The summed E-state index contributed by atoms with van der Waals surface area (Å²) in [7, 11) is -2.02. The zero-order valence-electron chi connectivity index (χ0n) is 12.1. The Labute approximate surface area is 137 Å². The molecular formula is C13H14ClN3O3S2. The summed E-state index contributed by atoms with van der Waals surface area (Å²) >= 11 is 6.88. The Morgan fingerprint density at radius 3 is 2.68 bits per heavy atom. The SMILES string of the molecule is Cc1nc(N(C)S(C)(=O)=O)sc1C(=O)Nc1cccc(Cl)c1. The van der Waals surface area contributed by atoms with Crippen LogP contribution in [0.1, 0.15) is 15.4 Å². The molecule has 0 fully saturated rings. The number of sulfonamides is 1. The predicted molar refractivity (Wildman–Crippen MR) is 89.5 cm³/mol. The number of carbonyl (C=O) groups excluding carboxylic acids is 1. The average molecular weight is 360 g/mol. The number of halogens is 1. The monoisotopic (exact) mass is 359 g/mol. The van der Waals surface area contributed by atoms with E-state index in [2.05, 4.69) is 10.3 Å². The van der Waals surface area contributed by atoms with E-state index in [0.717, 1.165) is 21.9 Å². The number of hydrogen-bond donors (Lipinski definition) is 1. The minimum atomic E-state index is -3.42. The molecule has 0 saturated heterocycles.